The summed E-state index contributed by atoms with van der Waals surface area (Å²) in [5.41, 5.74) is 3.67. The third-order valence-electron chi connectivity index (χ3n) is 8.17. The maximum atomic E-state index is 13.5. The van der Waals surface area contributed by atoms with Crippen LogP contribution in [-0.2, 0) is 26.2 Å². The monoisotopic (exact) mass is 572 g/mol. The fourth-order valence-electron chi connectivity index (χ4n) is 5.99. The van der Waals surface area contributed by atoms with Crippen molar-refractivity contribution in [2.24, 2.45) is 5.92 Å². The number of benzene rings is 1. The predicted octanol–water partition coefficient (Wildman–Crippen LogP) is 3.37. The number of unbranched alkanes of at least 4 members (excludes halogenated alkanes) is 1. The number of piperazine rings is 1. The molecule has 2 saturated heterocycles. The van der Waals surface area contributed by atoms with Crippen molar-refractivity contribution in [2.45, 2.75) is 84.8 Å². The van der Waals surface area contributed by atoms with Gasteiger partial charge in [-0.1, -0.05) is 27.2 Å². The van der Waals surface area contributed by atoms with Gasteiger partial charge in [0.2, 0.25) is 21.8 Å². The van der Waals surface area contributed by atoms with Gasteiger partial charge in [0.05, 0.1) is 17.6 Å². The first-order valence-corrected chi connectivity index (χ1v) is 16.2. The number of rotatable bonds is 10. The van der Waals surface area contributed by atoms with Gasteiger partial charge >= 0.3 is 0 Å². The summed E-state index contributed by atoms with van der Waals surface area (Å²) in [5.74, 6) is 0.399. The van der Waals surface area contributed by atoms with Crippen molar-refractivity contribution >= 4 is 27.5 Å². The lowest BCUT2D eigenvalue weighted by Gasteiger charge is -2.52. The zero-order valence-electron chi connectivity index (χ0n) is 24.7. The normalized spacial score (nSPS) is 19.9. The summed E-state index contributed by atoms with van der Waals surface area (Å²) < 4.78 is 27.4. The maximum absolute atomic E-state index is 13.5. The van der Waals surface area contributed by atoms with Gasteiger partial charge in [-0.3, -0.25) is 19.2 Å². The van der Waals surface area contributed by atoms with Crippen LogP contribution in [0, 0.1) is 19.8 Å². The molecule has 220 valence electrons. The van der Waals surface area contributed by atoms with E-state index >= 15 is 0 Å². The van der Waals surface area contributed by atoms with Crippen molar-refractivity contribution in [1.29, 1.82) is 0 Å². The molecule has 1 unspecified atom stereocenters. The number of nitrogens with one attached hydrogen (secondary N) is 2. The lowest BCUT2D eigenvalue weighted by Crippen LogP contribution is -2.73. The predicted molar refractivity (Wildman–Crippen MR) is 157 cm³/mol. The Balaban J connectivity index is 1.47. The molecule has 0 saturated carbocycles. The van der Waals surface area contributed by atoms with Gasteiger partial charge in [-0.05, 0) is 69.7 Å². The molecule has 2 fully saturated rings. The van der Waals surface area contributed by atoms with Crippen molar-refractivity contribution in [3.8, 4) is 5.69 Å². The second kappa shape index (κ2) is 11.9. The summed E-state index contributed by atoms with van der Waals surface area (Å²) in [6, 6.07) is 6.71. The molecular formula is C29H44N6O4S. The minimum atomic E-state index is -3.34. The summed E-state index contributed by atoms with van der Waals surface area (Å²) >= 11 is 0. The molecule has 2 N–H and O–H groups in total. The van der Waals surface area contributed by atoms with Crippen molar-refractivity contribution in [2.75, 3.05) is 30.6 Å². The van der Waals surface area contributed by atoms with E-state index in [0.29, 0.717) is 57.0 Å². The van der Waals surface area contributed by atoms with E-state index in [-0.39, 0.29) is 11.8 Å². The lowest BCUT2D eigenvalue weighted by molar-refractivity contribution is -0.161. The van der Waals surface area contributed by atoms with E-state index in [9.17, 15) is 18.0 Å². The van der Waals surface area contributed by atoms with Gasteiger partial charge in [0, 0.05) is 43.1 Å². The first kappa shape index (κ1) is 30.0. The summed E-state index contributed by atoms with van der Waals surface area (Å²) in [6.45, 7) is 13.1. The second-order valence-corrected chi connectivity index (χ2v) is 13.5. The van der Waals surface area contributed by atoms with E-state index < -0.39 is 21.6 Å². The molecule has 1 aromatic heterocycles. The smallest absolute Gasteiger partial charge is 0.246 e. The van der Waals surface area contributed by atoms with Crippen LogP contribution < -0.4 is 10.0 Å². The second-order valence-electron chi connectivity index (χ2n) is 11.8. The molecular weight excluding hydrogens is 528 g/mol. The van der Waals surface area contributed by atoms with Gasteiger partial charge in [0.15, 0.2) is 0 Å². The quantitative estimate of drug-likeness (QED) is 0.451. The summed E-state index contributed by atoms with van der Waals surface area (Å²) in [7, 11) is -3.34. The highest BCUT2D eigenvalue weighted by Gasteiger charge is 2.53. The molecule has 2 aliphatic heterocycles. The number of carbonyl (C=O) groups excluding carboxylic acids is 2. The number of anilines is 1. The van der Waals surface area contributed by atoms with Crippen LogP contribution in [0.25, 0.3) is 5.69 Å². The molecule has 10 nitrogen and oxygen atoms in total. The maximum Gasteiger partial charge on any atom is 0.246 e. The average molecular weight is 573 g/mol. The van der Waals surface area contributed by atoms with E-state index in [2.05, 4.69) is 35.7 Å². The first-order chi connectivity index (χ1) is 18.8. The lowest BCUT2D eigenvalue weighted by atomic mass is 9.80. The fourth-order valence-corrected chi connectivity index (χ4v) is 6.55. The standard InChI is InChI=1S/C29H44N6O4S/c1-7-8-15-34-27(36)26(18-20(2)3)30-28(37)29(34)13-16-33(17-14-29)19-25-21(4)31-35(22(25)5)24-11-9-23(10-12-24)32-40(6,38)39/h9-12,20,26,32H,7-8,13-19H2,1-6H3,(H,30,37). The number of hydrogen-bond donors (Lipinski definition) is 2. The Morgan fingerprint density at radius 2 is 1.77 bits per heavy atom. The fraction of sp³-hybridized carbons (Fsp3) is 0.621. The highest BCUT2D eigenvalue weighted by Crippen LogP contribution is 2.35. The Kier molecular flexibility index (Phi) is 8.94. The zero-order valence-corrected chi connectivity index (χ0v) is 25.5. The van der Waals surface area contributed by atoms with Crippen molar-refractivity contribution in [3.05, 3.63) is 41.2 Å². The van der Waals surface area contributed by atoms with Crippen LogP contribution in [0.1, 0.15) is 69.8 Å². The number of amides is 2. The third kappa shape index (κ3) is 6.35. The summed E-state index contributed by atoms with van der Waals surface area (Å²) in [6.07, 6.45) is 4.88. The molecule has 1 aromatic carbocycles. The molecule has 4 rings (SSSR count). The van der Waals surface area contributed by atoms with Crippen LogP contribution in [-0.4, -0.2) is 77.3 Å². The molecule has 1 atom stereocenters. The van der Waals surface area contributed by atoms with Crippen molar-refractivity contribution in [1.82, 2.24) is 24.9 Å². The molecule has 0 radical (unpaired) electrons. The number of piperidine rings is 1. The topological polar surface area (TPSA) is 117 Å². The van der Waals surface area contributed by atoms with Crippen LogP contribution in [0.15, 0.2) is 24.3 Å². The number of aromatic nitrogens is 2. The largest absolute Gasteiger partial charge is 0.342 e. The highest BCUT2D eigenvalue weighted by atomic mass is 32.2. The van der Waals surface area contributed by atoms with Gasteiger partial charge in [-0.2, -0.15) is 5.10 Å². The molecule has 3 heterocycles. The average Bonchev–Trinajstić information content (AvgIpc) is 3.16. The Hall–Kier alpha value is -2.92. The molecule has 2 aromatic rings. The highest BCUT2D eigenvalue weighted by molar-refractivity contribution is 7.92. The van der Waals surface area contributed by atoms with E-state index in [1.807, 2.05) is 35.6 Å². The van der Waals surface area contributed by atoms with Gasteiger partial charge in [0.1, 0.15) is 11.6 Å². The molecule has 2 aliphatic rings. The molecule has 0 bridgehead atoms. The van der Waals surface area contributed by atoms with Gasteiger partial charge in [-0.25, -0.2) is 13.1 Å². The SMILES string of the molecule is CCCCN1C(=O)C(CC(C)C)NC(=O)C12CCN(Cc1c(C)nn(-c3ccc(NS(C)(=O)=O)cc3)c1C)CC2. The van der Waals surface area contributed by atoms with E-state index in [4.69, 9.17) is 5.10 Å². The van der Waals surface area contributed by atoms with E-state index in [0.717, 1.165) is 41.7 Å². The minimum absolute atomic E-state index is 0.00231. The molecule has 40 heavy (non-hydrogen) atoms. The molecule has 2 amide bonds. The Bertz CT molecular complexity index is 1330. The summed E-state index contributed by atoms with van der Waals surface area (Å²) in [5, 5.41) is 7.85. The van der Waals surface area contributed by atoms with Crippen LogP contribution in [0.3, 0.4) is 0 Å². The van der Waals surface area contributed by atoms with E-state index in [1.165, 1.54) is 0 Å². The molecule has 1 spiro atoms. The Morgan fingerprint density at radius 1 is 1.12 bits per heavy atom. The number of likely N-dealkylation sites (tertiary alicyclic amines) is 1. The Morgan fingerprint density at radius 3 is 2.35 bits per heavy atom. The number of hydrogen-bond acceptors (Lipinski definition) is 6. The van der Waals surface area contributed by atoms with Crippen LogP contribution in [0.4, 0.5) is 5.69 Å². The number of carbonyl (C=O) groups is 2. The van der Waals surface area contributed by atoms with Crippen molar-refractivity contribution in [3.63, 3.8) is 0 Å². The minimum Gasteiger partial charge on any atom is -0.342 e. The van der Waals surface area contributed by atoms with Crippen LogP contribution in [0.2, 0.25) is 0 Å². The van der Waals surface area contributed by atoms with Crippen LogP contribution in [0.5, 0.6) is 0 Å². The van der Waals surface area contributed by atoms with Gasteiger partial charge in [-0.15, -0.1) is 0 Å². The first-order valence-electron chi connectivity index (χ1n) is 14.3. The molecule has 0 aliphatic carbocycles. The number of aryl methyl sites for hydroxylation is 1. The Labute approximate surface area is 238 Å². The zero-order chi connectivity index (χ0) is 29.2. The third-order valence-corrected chi connectivity index (χ3v) is 8.78. The number of nitrogens with zero attached hydrogens (tertiary/aromatic N) is 4. The van der Waals surface area contributed by atoms with Gasteiger partial charge in [0.25, 0.3) is 0 Å². The molecule has 11 heteroatoms. The van der Waals surface area contributed by atoms with Crippen molar-refractivity contribution < 1.29 is 18.0 Å². The summed E-state index contributed by atoms with van der Waals surface area (Å²) in [4.78, 5) is 31.3. The van der Waals surface area contributed by atoms with Gasteiger partial charge < -0.3 is 10.2 Å². The van der Waals surface area contributed by atoms with Crippen LogP contribution >= 0.6 is 0 Å². The van der Waals surface area contributed by atoms with E-state index in [1.54, 1.807) is 12.1 Å². The number of sulfonamides is 1.